The summed E-state index contributed by atoms with van der Waals surface area (Å²) in [5.41, 5.74) is 3.82. The van der Waals surface area contributed by atoms with E-state index in [1.807, 2.05) is 79.7 Å². The molecule has 1 atom stereocenters. The van der Waals surface area contributed by atoms with Crippen molar-refractivity contribution in [1.82, 2.24) is 20.2 Å². The highest BCUT2D eigenvalue weighted by Gasteiger charge is 2.32. The lowest BCUT2D eigenvalue weighted by atomic mass is 10.0. The quantitative estimate of drug-likeness (QED) is 0.310. The molecule has 1 aromatic heterocycles. The lowest BCUT2D eigenvalue weighted by Crippen LogP contribution is -2.44. The molecular formula is C31H32N4O4. The fourth-order valence-electron chi connectivity index (χ4n) is 4.29. The zero-order valence-electron chi connectivity index (χ0n) is 22.3. The fourth-order valence-corrected chi connectivity index (χ4v) is 4.29. The van der Waals surface area contributed by atoms with Crippen molar-refractivity contribution in [2.45, 2.75) is 25.9 Å². The second-order valence-corrected chi connectivity index (χ2v) is 9.05. The summed E-state index contributed by atoms with van der Waals surface area (Å²) in [6, 6.07) is 22.0. The van der Waals surface area contributed by atoms with Crippen LogP contribution in [-0.2, 0) is 17.8 Å². The number of benzene rings is 3. The Bertz CT molecular complexity index is 1380. The topological polar surface area (TPSA) is 93.7 Å². The predicted molar refractivity (Wildman–Crippen MR) is 149 cm³/mol. The molecule has 39 heavy (non-hydrogen) atoms. The molecule has 0 spiro atoms. The number of aromatic nitrogens is 2. The number of rotatable bonds is 11. The first-order chi connectivity index (χ1) is 19.0. The van der Waals surface area contributed by atoms with Crippen LogP contribution in [0.3, 0.4) is 0 Å². The van der Waals surface area contributed by atoms with E-state index in [1.165, 1.54) is 18.6 Å². The number of aryl methyl sites for hydroxylation is 1. The molecule has 4 rings (SSSR count). The first kappa shape index (κ1) is 27.3. The molecule has 0 bridgehead atoms. The number of nitrogens with one attached hydrogen (secondary N) is 1. The van der Waals surface area contributed by atoms with Crippen molar-refractivity contribution in [3.05, 3.63) is 119 Å². The number of hydrogen-bond donors (Lipinski definition) is 1. The Hall–Kier alpha value is -4.72. The minimum atomic E-state index is -0.885. The third-order valence-electron chi connectivity index (χ3n) is 6.40. The van der Waals surface area contributed by atoms with Crippen LogP contribution in [0.4, 0.5) is 0 Å². The number of methoxy groups -OCH3 is 2. The Morgan fingerprint density at radius 1 is 0.897 bits per heavy atom. The van der Waals surface area contributed by atoms with Crippen LogP contribution in [0.5, 0.6) is 11.5 Å². The summed E-state index contributed by atoms with van der Waals surface area (Å²) < 4.78 is 10.8. The molecular weight excluding hydrogens is 492 g/mol. The van der Waals surface area contributed by atoms with Crippen LogP contribution >= 0.6 is 0 Å². The Kier molecular flexibility index (Phi) is 9.24. The van der Waals surface area contributed by atoms with Gasteiger partial charge in [0.25, 0.3) is 5.91 Å². The molecule has 0 radical (unpaired) electrons. The van der Waals surface area contributed by atoms with E-state index in [0.29, 0.717) is 30.0 Å². The molecule has 4 aromatic rings. The van der Waals surface area contributed by atoms with Crippen LogP contribution in [0, 0.1) is 6.92 Å². The number of hydrogen-bond acceptors (Lipinski definition) is 6. The highest BCUT2D eigenvalue weighted by Crippen LogP contribution is 2.29. The minimum Gasteiger partial charge on any atom is -0.493 e. The molecule has 2 amide bonds. The predicted octanol–water partition coefficient (Wildman–Crippen LogP) is 4.54. The SMILES string of the molecule is COc1ccc(CCN(C(=O)c2cnccn2)C(C(=O)NCc2ccccc2)c2ccc(C)cc2)cc1OC. The van der Waals surface area contributed by atoms with Gasteiger partial charge in [-0.25, -0.2) is 4.98 Å². The molecule has 0 aliphatic carbocycles. The summed E-state index contributed by atoms with van der Waals surface area (Å²) in [7, 11) is 3.16. The minimum absolute atomic E-state index is 0.165. The van der Waals surface area contributed by atoms with E-state index in [-0.39, 0.29) is 24.1 Å². The maximum absolute atomic E-state index is 13.8. The highest BCUT2D eigenvalue weighted by atomic mass is 16.5. The number of amides is 2. The zero-order chi connectivity index (χ0) is 27.6. The van der Waals surface area contributed by atoms with Crippen molar-refractivity contribution >= 4 is 11.8 Å². The molecule has 0 aliphatic heterocycles. The molecule has 8 nitrogen and oxygen atoms in total. The van der Waals surface area contributed by atoms with E-state index in [2.05, 4.69) is 15.3 Å². The number of carbonyl (C=O) groups is 2. The lowest BCUT2D eigenvalue weighted by molar-refractivity contribution is -0.126. The third kappa shape index (κ3) is 6.98. The van der Waals surface area contributed by atoms with Crippen molar-refractivity contribution in [3.63, 3.8) is 0 Å². The molecule has 200 valence electrons. The van der Waals surface area contributed by atoms with Crippen molar-refractivity contribution in [1.29, 1.82) is 0 Å². The Morgan fingerprint density at radius 2 is 1.64 bits per heavy atom. The summed E-state index contributed by atoms with van der Waals surface area (Å²) in [6.07, 6.45) is 4.87. The Balaban J connectivity index is 1.69. The average Bonchev–Trinajstić information content (AvgIpc) is 2.99. The molecule has 0 saturated heterocycles. The van der Waals surface area contributed by atoms with Gasteiger partial charge in [-0.1, -0.05) is 66.2 Å². The maximum Gasteiger partial charge on any atom is 0.275 e. The number of ether oxygens (including phenoxy) is 2. The average molecular weight is 525 g/mol. The monoisotopic (exact) mass is 524 g/mol. The molecule has 0 fully saturated rings. The molecule has 3 aromatic carbocycles. The van der Waals surface area contributed by atoms with Crippen molar-refractivity contribution in [3.8, 4) is 11.5 Å². The Labute approximate surface area is 228 Å². The van der Waals surface area contributed by atoms with E-state index in [0.717, 1.165) is 16.7 Å². The standard InChI is InChI=1S/C31H32N4O4/c1-22-9-12-25(13-10-22)29(30(36)34-20-24-7-5-4-6-8-24)35(31(37)26-21-32-16-17-33-26)18-15-23-11-14-27(38-2)28(19-23)39-3/h4-14,16-17,19,21,29H,15,18,20H2,1-3H3,(H,34,36). The highest BCUT2D eigenvalue weighted by molar-refractivity contribution is 5.96. The molecule has 0 saturated carbocycles. The van der Waals surface area contributed by atoms with Gasteiger partial charge >= 0.3 is 0 Å². The lowest BCUT2D eigenvalue weighted by Gasteiger charge is -2.31. The van der Waals surface area contributed by atoms with Gasteiger partial charge in [0.15, 0.2) is 11.5 Å². The number of nitrogens with zero attached hydrogens (tertiary/aromatic N) is 3. The van der Waals surface area contributed by atoms with Crippen LogP contribution in [0.25, 0.3) is 0 Å². The second kappa shape index (κ2) is 13.2. The van der Waals surface area contributed by atoms with E-state index >= 15 is 0 Å². The fraction of sp³-hybridized carbons (Fsp3) is 0.226. The van der Waals surface area contributed by atoms with Gasteiger partial charge in [0.05, 0.1) is 20.4 Å². The van der Waals surface area contributed by atoms with Crippen molar-refractivity contribution in [2.75, 3.05) is 20.8 Å². The van der Waals surface area contributed by atoms with E-state index in [9.17, 15) is 9.59 Å². The molecule has 0 aliphatic rings. The summed E-state index contributed by atoms with van der Waals surface area (Å²) >= 11 is 0. The summed E-state index contributed by atoms with van der Waals surface area (Å²) in [5.74, 6) is 0.542. The van der Waals surface area contributed by atoms with Crippen LogP contribution in [0.2, 0.25) is 0 Å². The van der Waals surface area contributed by atoms with Gasteiger partial charge in [0.1, 0.15) is 11.7 Å². The van der Waals surface area contributed by atoms with Crippen LogP contribution in [-0.4, -0.2) is 47.4 Å². The first-order valence-corrected chi connectivity index (χ1v) is 12.7. The van der Waals surface area contributed by atoms with Crippen LogP contribution in [0.1, 0.15) is 38.8 Å². The summed E-state index contributed by atoms with van der Waals surface area (Å²) in [6.45, 7) is 2.57. The van der Waals surface area contributed by atoms with E-state index in [1.54, 1.807) is 19.1 Å². The number of carbonyl (C=O) groups excluding carboxylic acids is 2. The summed E-state index contributed by atoms with van der Waals surface area (Å²) in [5, 5.41) is 3.03. The molecule has 8 heteroatoms. The Morgan fingerprint density at radius 3 is 2.31 bits per heavy atom. The normalized spacial score (nSPS) is 11.4. The van der Waals surface area contributed by atoms with Crippen molar-refractivity contribution < 1.29 is 19.1 Å². The molecule has 1 heterocycles. The van der Waals surface area contributed by atoms with Gasteiger partial charge in [-0.15, -0.1) is 0 Å². The second-order valence-electron chi connectivity index (χ2n) is 9.05. The van der Waals surface area contributed by atoms with Crippen molar-refractivity contribution in [2.24, 2.45) is 0 Å². The van der Waals surface area contributed by atoms with Gasteiger partial charge in [0.2, 0.25) is 5.91 Å². The van der Waals surface area contributed by atoms with Gasteiger partial charge in [-0.2, -0.15) is 0 Å². The van der Waals surface area contributed by atoms with Gasteiger partial charge in [-0.05, 0) is 42.2 Å². The molecule has 1 N–H and O–H groups in total. The zero-order valence-corrected chi connectivity index (χ0v) is 22.3. The van der Waals surface area contributed by atoms with Crippen LogP contribution < -0.4 is 14.8 Å². The van der Waals surface area contributed by atoms with Gasteiger partial charge < -0.3 is 19.7 Å². The summed E-state index contributed by atoms with van der Waals surface area (Å²) in [4.78, 5) is 37.5. The third-order valence-corrected chi connectivity index (χ3v) is 6.40. The molecule has 1 unspecified atom stereocenters. The van der Waals surface area contributed by atoms with Gasteiger partial charge in [0, 0.05) is 25.5 Å². The van der Waals surface area contributed by atoms with Gasteiger partial charge in [-0.3, -0.25) is 14.6 Å². The maximum atomic E-state index is 13.8. The largest absolute Gasteiger partial charge is 0.493 e. The van der Waals surface area contributed by atoms with E-state index < -0.39 is 6.04 Å². The smallest absolute Gasteiger partial charge is 0.275 e. The van der Waals surface area contributed by atoms with Crippen LogP contribution in [0.15, 0.2) is 91.4 Å². The van der Waals surface area contributed by atoms with E-state index in [4.69, 9.17) is 9.47 Å². The first-order valence-electron chi connectivity index (χ1n) is 12.7.